The molecule has 1 aromatic rings. The van der Waals surface area contributed by atoms with Crippen molar-refractivity contribution in [2.75, 3.05) is 6.61 Å². The van der Waals surface area contributed by atoms with Gasteiger partial charge >= 0.3 is 12.3 Å². The Labute approximate surface area is 117 Å². The monoisotopic (exact) mass is 307 g/mol. The van der Waals surface area contributed by atoms with Gasteiger partial charge in [-0.15, -0.1) is 13.2 Å². The standard InChI is InChI=1S/C12H9ClF3NO3/c1-2-19-10(18)5-8-3-7(6-17)4-9(13)11(8)20-12(14,15)16/h3-4H,2,5H2,1H3. The normalized spacial score (nSPS) is 10.8. The summed E-state index contributed by atoms with van der Waals surface area (Å²) < 4.78 is 45.4. The Bertz CT molecular complexity index is 552. The van der Waals surface area contributed by atoms with E-state index in [0.717, 1.165) is 12.1 Å². The highest BCUT2D eigenvalue weighted by Gasteiger charge is 2.33. The predicted molar refractivity (Wildman–Crippen MR) is 63.2 cm³/mol. The Morgan fingerprint density at radius 1 is 1.45 bits per heavy atom. The molecule has 0 bridgehead atoms. The Morgan fingerprint density at radius 3 is 2.60 bits per heavy atom. The number of carbonyl (C=O) groups excluding carboxylic acids is 1. The molecule has 0 aliphatic carbocycles. The van der Waals surface area contributed by atoms with Gasteiger partial charge in [0.05, 0.1) is 29.7 Å². The molecule has 108 valence electrons. The molecule has 0 aliphatic rings. The third-order valence-electron chi connectivity index (χ3n) is 2.11. The third kappa shape index (κ3) is 4.63. The molecule has 8 heteroatoms. The molecule has 0 unspecified atom stereocenters. The number of hydrogen-bond donors (Lipinski definition) is 0. The first-order chi connectivity index (χ1) is 9.26. The molecule has 0 amide bonds. The summed E-state index contributed by atoms with van der Waals surface area (Å²) in [6.45, 7) is 1.64. The zero-order valence-corrected chi connectivity index (χ0v) is 11.0. The molecule has 0 aliphatic heterocycles. The molecule has 0 saturated carbocycles. The maximum absolute atomic E-state index is 12.3. The number of hydrogen-bond acceptors (Lipinski definition) is 4. The number of rotatable bonds is 4. The molecule has 0 heterocycles. The second kappa shape index (κ2) is 6.48. The van der Waals surface area contributed by atoms with Crippen LogP contribution in [0.4, 0.5) is 13.2 Å². The Hall–Kier alpha value is -1.94. The summed E-state index contributed by atoms with van der Waals surface area (Å²) in [6, 6.07) is 3.86. The van der Waals surface area contributed by atoms with E-state index in [4.69, 9.17) is 16.9 Å². The minimum Gasteiger partial charge on any atom is -0.466 e. The minimum absolute atomic E-state index is 0.0174. The second-order valence-corrected chi connectivity index (χ2v) is 3.99. The first-order valence-corrected chi connectivity index (χ1v) is 5.78. The third-order valence-corrected chi connectivity index (χ3v) is 2.39. The summed E-state index contributed by atoms with van der Waals surface area (Å²) in [7, 11) is 0. The lowest BCUT2D eigenvalue weighted by atomic mass is 10.1. The van der Waals surface area contributed by atoms with Crippen molar-refractivity contribution in [3.63, 3.8) is 0 Å². The van der Waals surface area contributed by atoms with Crippen molar-refractivity contribution in [1.29, 1.82) is 5.26 Å². The van der Waals surface area contributed by atoms with Gasteiger partial charge in [0.2, 0.25) is 0 Å². The summed E-state index contributed by atoms with van der Waals surface area (Å²) in [6.07, 6.45) is -5.43. The number of ether oxygens (including phenoxy) is 2. The minimum atomic E-state index is -4.96. The van der Waals surface area contributed by atoms with Crippen LogP contribution < -0.4 is 4.74 Å². The van der Waals surface area contributed by atoms with Gasteiger partial charge < -0.3 is 9.47 Å². The van der Waals surface area contributed by atoms with Gasteiger partial charge in [-0.25, -0.2) is 0 Å². The van der Waals surface area contributed by atoms with Crippen molar-refractivity contribution in [3.8, 4) is 11.8 Å². The summed E-state index contributed by atoms with van der Waals surface area (Å²) in [5.41, 5.74) is -0.145. The smallest absolute Gasteiger partial charge is 0.466 e. The van der Waals surface area contributed by atoms with Crippen LogP contribution in [-0.4, -0.2) is 18.9 Å². The molecular weight excluding hydrogens is 299 g/mol. The number of nitriles is 1. The number of carbonyl (C=O) groups is 1. The Morgan fingerprint density at radius 2 is 2.10 bits per heavy atom. The molecule has 20 heavy (non-hydrogen) atoms. The van der Waals surface area contributed by atoms with E-state index in [2.05, 4.69) is 9.47 Å². The van der Waals surface area contributed by atoms with Crippen molar-refractivity contribution in [2.45, 2.75) is 19.7 Å². The molecule has 0 spiro atoms. The van der Waals surface area contributed by atoms with Crippen molar-refractivity contribution < 1.29 is 27.4 Å². The molecule has 0 fully saturated rings. The zero-order valence-electron chi connectivity index (χ0n) is 10.3. The molecule has 1 rings (SSSR count). The van der Waals surface area contributed by atoms with E-state index < -0.39 is 29.5 Å². The fraction of sp³-hybridized carbons (Fsp3) is 0.333. The van der Waals surface area contributed by atoms with E-state index in [1.54, 1.807) is 13.0 Å². The molecular formula is C12H9ClF3NO3. The van der Waals surface area contributed by atoms with Gasteiger partial charge in [0.15, 0.2) is 5.75 Å². The molecule has 4 nitrogen and oxygen atoms in total. The van der Waals surface area contributed by atoms with Crippen LogP contribution in [0.5, 0.6) is 5.75 Å². The van der Waals surface area contributed by atoms with E-state index in [0.29, 0.717) is 0 Å². The van der Waals surface area contributed by atoms with Crippen LogP contribution in [0.1, 0.15) is 18.1 Å². The largest absolute Gasteiger partial charge is 0.573 e. The highest BCUT2D eigenvalue weighted by atomic mass is 35.5. The average Bonchev–Trinajstić information content (AvgIpc) is 2.32. The van der Waals surface area contributed by atoms with Crippen LogP contribution in [0.15, 0.2) is 12.1 Å². The number of nitrogens with zero attached hydrogens (tertiary/aromatic N) is 1. The first kappa shape index (κ1) is 16.1. The first-order valence-electron chi connectivity index (χ1n) is 5.40. The highest BCUT2D eigenvalue weighted by molar-refractivity contribution is 6.32. The van der Waals surface area contributed by atoms with Crippen LogP contribution in [0.3, 0.4) is 0 Å². The summed E-state index contributed by atoms with van der Waals surface area (Å²) in [5, 5.41) is 8.36. The summed E-state index contributed by atoms with van der Waals surface area (Å²) >= 11 is 5.65. The lowest BCUT2D eigenvalue weighted by molar-refractivity contribution is -0.274. The van der Waals surface area contributed by atoms with Gasteiger partial charge in [-0.2, -0.15) is 5.26 Å². The van der Waals surface area contributed by atoms with Crippen molar-refractivity contribution >= 4 is 17.6 Å². The number of alkyl halides is 3. The molecule has 0 atom stereocenters. The summed E-state index contributed by atoms with van der Waals surface area (Å²) in [5.74, 6) is -1.45. The lowest BCUT2D eigenvalue weighted by Gasteiger charge is -2.14. The Kier molecular flexibility index (Phi) is 5.22. The SMILES string of the molecule is CCOC(=O)Cc1cc(C#N)cc(Cl)c1OC(F)(F)F. The maximum Gasteiger partial charge on any atom is 0.573 e. The zero-order chi connectivity index (χ0) is 15.3. The van der Waals surface area contributed by atoms with E-state index in [9.17, 15) is 18.0 Å². The fourth-order valence-electron chi connectivity index (χ4n) is 1.44. The molecule has 0 saturated heterocycles. The van der Waals surface area contributed by atoms with Gasteiger partial charge in [-0.05, 0) is 19.1 Å². The average molecular weight is 308 g/mol. The van der Waals surface area contributed by atoms with Crippen molar-refractivity contribution in [2.24, 2.45) is 0 Å². The van der Waals surface area contributed by atoms with E-state index in [1.807, 2.05) is 0 Å². The highest BCUT2D eigenvalue weighted by Crippen LogP contribution is 2.35. The molecule has 0 radical (unpaired) electrons. The topological polar surface area (TPSA) is 59.3 Å². The van der Waals surface area contributed by atoms with Crippen LogP contribution in [-0.2, 0) is 16.0 Å². The predicted octanol–water partition coefficient (Wildman–Crippen LogP) is 3.22. The van der Waals surface area contributed by atoms with Gasteiger partial charge in [0.1, 0.15) is 0 Å². The van der Waals surface area contributed by atoms with E-state index in [1.165, 1.54) is 0 Å². The number of halogens is 4. The number of esters is 1. The van der Waals surface area contributed by atoms with Crippen LogP contribution in [0, 0.1) is 11.3 Å². The van der Waals surface area contributed by atoms with Crippen LogP contribution in [0.25, 0.3) is 0 Å². The fourth-order valence-corrected chi connectivity index (χ4v) is 1.72. The van der Waals surface area contributed by atoms with Gasteiger partial charge in [0, 0.05) is 5.56 Å². The van der Waals surface area contributed by atoms with E-state index >= 15 is 0 Å². The van der Waals surface area contributed by atoms with Gasteiger partial charge in [-0.3, -0.25) is 4.79 Å². The lowest BCUT2D eigenvalue weighted by Crippen LogP contribution is -2.19. The van der Waals surface area contributed by atoms with Crippen molar-refractivity contribution in [3.05, 3.63) is 28.3 Å². The summed E-state index contributed by atoms with van der Waals surface area (Å²) in [4.78, 5) is 11.4. The van der Waals surface area contributed by atoms with Crippen LogP contribution >= 0.6 is 11.6 Å². The second-order valence-electron chi connectivity index (χ2n) is 3.59. The van der Waals surface area contributed by atoms with Crippen LogP contribution in [0.2, 0.25) is 5.02 Å². The van der Waals surface area contributed by atoms with E-state index in [-0.39, 0.29) is 17.7 Å². The maximum atomic E-state index is 12.3. The molecule has 1 aromatic carbocycles. The van der Waals surface area contributed by atoms with Gasteiger partial charge in [-0.1, -0.05) is 11.6 Å². The quantitative estimate of drug-likeness (QED) is 0.801. The number of benzene rings is 1. The van der Waals surface area contributed by atoms with Gasteiger partial charge in [0.25, 0.3) is 0 Å². The Balaban J connectivity index is 3.19. The molecule has 0 aromatic heterocycles. The van der Waals surface area contributed by atoms with Crippen molar-refractivity contribution in [1.82, 2.24) is 0 Å². The molecule has 0 N–H and O–H groups in total.